The molecule has 0 fully saturated rings. The van der Waals surface area contributed by atoms with E-state index in [2.05, 4.69) is 0 Å². The molecule has 0 aliphatic carbocycles. The number of aromatic hydroxyl groups is 2. The van der Waals surface area contributed by atoms with Crippen LogP contribution in [0.15, 0.2) is 18.2 Å². The van der Waals surface area contributed by atoms with E-state index in [1.165, 1.54) is 12.1 Å². The van der Waals surface area contributed by atoms with Crippen molar-refractivity contribution in [2.24, 2.45) is 0 Å². The number of ether oxygens (including phenoxy) is 1. The Hall–Kier alpha value is -2.30. The number of cyclic esters (lactones) is 1. The van der Waals surface area contributed by atoms with Gasteiger partial charge in [0.25, 0.3) is 0 Å². The van der Waals surface area contributed by atoms with Gasteiger partial charge in [-0.3, -0.25) is 4.79 Å². The second kappa shape index (κ2) is 7.81. The van der Waals surface area contributed by atoms with Crippen molar-refractivity contribution in [1.82, 2.24) is 0 Å². The second-order valence-electron chi connectivity index (χ2n) is 5.87. The minimum absolute atomic E-state index is 0.219. The van der Waals surface area contributed by atoms with Crippen molar-refractivity contribution in [2.45, 2.75) is 51.6 Å². The Balaban J connectivity index is 2.29. The predicted octanol–water partition coefficient (Wildman–Crippen LogP) is 3.58. The molecule has 5 nitrogen and oxygen atoms in total. The first-order valence-electron chi connectivity index (χ1n) is 7.92. The molecule has 0 unspecified atom stereocenters. The lowest BCUT2D eigenvalue weighted by molar-refractivity contribution is -0.119. The van der Waals surface area contributed by atoms with E-state index in [0.717, 1.165) is 6.42 Å². The maximum atomic E-state index is 12.3. The van der Waals surface area contributed by atoms with Gasteiger partial charge < -0.3 is 14.9 Å². The molecule has 0 saturated carbocycles. The third kappa shape index (κ3) is 4.84. The lowest BCUT2D eigenvalue weighted by atomic mass is 10.0. The van der Waals surface area contributed by atoms with E-state index in [0.29, 0.717) is 37.7 Å². The third-order valence-corrected chi connectivity index (χ3v) is 3.86. The zero-order chi connectivity index (χ0) is 16.8. The summed E-state index contributed by atoms with van der Waals surface area (Å²) in [6, 6.07) is 2.56. The summed E-state index contributed by atoms with van der Waals surface area (Å²) in [4.78, 5) is 24.0. The lowest BCUT2D eigenvalue weighted by Crippen LogP contribution is -2.16. The molecule has 1 heterocycles. The highest BCUT2D eigenvalue weighted by molar-refractivity contribution is 5.94. The van der Waals surface area contributed by atoms with Crippen molar-refractivity contribution in [3.63, 3.8) is 0 Å². The molecule has 1 aromatic carbocycles. The van der Waals surface area contributed by atoms with E-state index < -0.39 is 5.97 Å². The van der Waals surface area contributed by atoms with E-state index >= 15 is 0 Å². The standard InChI is InChI=1S/C18H22O5/c1-12-6-5-9-14(19)8-4-2-3-7-13-10-16(20)17(21)11-15(13)18(22)23-12/h3,7,10-12,20-21H,2,4-6,8-9H2,1H3/b7-3+/t12-/m0/s1. The maximum Gasteiger partial charge on any atom is 0.339 e. The Morgan fingerprint density at radius 2 is 1.78 bits per heavy atom. The molecule has 5 heteroatoms. The highest BCUT2D eigenvalue weighted by Gasteiger charge is 2.18. The van der Waals surface area contributed by atoms with E-state index in [1.807, 2.05) is 6.08 Å². The predicted molar refractivity (Wildman–Crippen MR) is 86.4 cm³/mol. The molecule has 0 spiro atoms. The van der Waals surface area contributed by atoms with Crippen LogP contribution in [0.5, 0.6) is 11.5 Å². The maximum absolute atomic E-state index is 12.3. The Bertz CT molecular complexity index is 618. The van der Waals surface area contributed by atoms with Gasteiger partial charge in [0.2, 0.25) is 0 Å². The number of Topliss-reactive ketones (excluding diaryl/α,β-unsaturated/α-hetero) is 1. The number of fused-ring (bicyclic) bond motifs is 1. The molecule has 2 rings (SSSR count). The molecular weight excluding hydrogens is 296 g/mol. The van der Waals surface area contributed by atoms with Crippen molar-refractivity contribution in [3.8, 4) is 11.5 Å². The number of carbonyl (C=O) groups is 2. The van der Waals surface area contributed by atoms with Crippen molar-refractivity contribution >= 4 is 17.8 Å². The first-order chi connectivity index (χ1) is 11.0. The summed E-state index contributed by atoms with van der Waals surface area (Å²) in [6.45, 7) is 1.78. The van der Waals surface area contributed by atoms with Crippen molar-refractivity contribution < 1.29 is 24.5 Å². The molecular formula is C18H22O5. The summed E-state index contributed by atoms with van der Waals surface area (Å²) in [6.07, 6.45) is 7.08. The third-order valence-electron chi connectivity index (χ3n) is 3.86. The van der Waals surface area contributed by atoms with Gasteiger partial charge in [-0.1, -0.05) is 12.2 Å². The molecule has 0 bridgehead atoms. The number of hydrogen-bond acceptors (Lipinski definition) is 5. The minimum Gasteiger partial charge on any atom is -0.504 e. The van der Waals surface area contributed by atoms with Crippen LogP contribution in [0.4, 0.5) is 0 Å². The number of benzene rings is 1. The summed E-state index contributed by atoms with van der Waals surface area (Å²) in [5.74, 6) is -0.952. The van der Waals surface area contributed by atoms with Crippen LogP contribution in [0.2, 0.25) is 0 Å². The van der Waals surface area contributed by atoms with Gasteiger partial charge in [-0.15, -0.1) is 0 Å². The molecule has 1 aromatic rings. The Kier molecular flexibility index (Phi) is 5.79. The number of phenolic OH excluding ortho intramolecular Hbond substituents is 2. The van der Waals surface area contributed by atoms with Gasteiger partial charge in [0, 0.05) is 12.8 Å². The van der Waals surface area contributed by atoms with Gasteiger partial charge >= 0.3 is 5.97 Å². The Morgan fingerprint density at radius 3 is 2.57 bits per heavy atom. The van der Waals surface area contributed by atoms with Crippen molar-refractivity contribution in [3.05, 3.63) is 29.3 Å². The number of rotatable bonds is 0. The van der Waals surface area contributed by atoms with Crippen molar-refractivity contribution in [2.75, 3.05) is 0 Å². The van der Waals surface area contributed by atoms with E-state index in [9.17, 15) is 19.8 Å². The van der Waals surface area contributed by atoms with E-state index in [1.54, 1.807) is 13.0 Å². The summed E-state index contributed by atoms with van der Waals surface area (Å²) in [5, 5.41) is 19.3. The number of hydrogen-bond donors (Lipinski definition) is 2. The van der Waals surface area contributed by atoms with Crippen LogP contribution in [0.3, 0.4) is 0 Å². The second-order valence-corrected chi connectivity index (χ2v) is 5.87. The summed E-state index contributed by atoms with van der Waals surface area (Å²) in [7, 11) is 0. The zero-order valence-electron chi connectivity index (χ0n) is 13.2. The molecule has 0 saturated heterocycles. The number of carbonyl (C=O) groups excluding carboxylic acids is 2. The molecule has 1 aliphatic heterocycles. The average molecular weight is 318 g/mol. The normalized spacial score (nSPS) is 21.9. The van der Waals surface area contributed by atoms with Crippen LogP contribution in [-0.4, -0.2) is 28.1 Å². The largest absolute Gasteiger partial charge is 0.504 e. The highest BCUT2D eigenvalue weighted by Crippen LogP contribution is 2.30. The molecule has 1 atom stereocenters. The van der Waals surface area contributed by atoms with Gasteiger partial charge in [0.15, 0.2) is 11.5 Å². The molecule has 0 amide bonds. The van der Waals surface area contributed by atoms with Gasteiger partial charge in [0.1, 0.15) is 5.78 Å². The zero-order valence-corrected chi connectivity index (χ0v) is 13.2. The van der Waals surface area contributed by atoms with E-state index in [-0.39, 0.29) is 28.9 Å². The first-order valence-corrected chi connectivity index (χ1v) is 7.92. The van der Waals surface area contributed by atoms with Gasteiger partial charge in [-0.05, 0) is 50.3 Å². The fourth-order valence-corrected chi connectivity index (χ4v) is 2.55. The summed E-state index contributed by atoms with van der Waals surface area (Å²) in [5.41, 5.74) is 0.706. The summed E-state index contributed by atoms with van der Waals surface area (Å²) >= 11 is 0. The Morgan fingerprint density at radius 1 is 1.09 bits per heavy atom. The van der Waals surface area contributed by atoms with Crippen LogP contribution < -0.4 is 0 Å². The molecule has 0 radical (unpaired) electrons. The van der Waals surface area contributed by atoms with Gasteiger partial charge in [-0.2, -0.15) is 0 Å². The Labute approximate surface area is 135 Å². The fourth-order valence-electron chi connectivity index (χ4n) is 2.55. The smallest absolute Gasteiger partial charge is 0.339 e. The molecule has 2 N–H and O–H groups in total. The number of ketones is 1. The fraction of sp³-hybridized carbons (Fsp3) is 0.444. The summed E-state index contributed by atoms with van der Waals surface area (Å²) < 4.78 is 5.37. The number of allylic oxidation sites excluding steroid dienone is 1. The molecule has 0 aromatic heterocycles. The minimum atomic E-state index is -0.546. The van der Waals surface area contributed by atoms with Crippen LogP contribution in [0, 0.1) is 0 Å². The van der Waals surface area contributed by atoms with E-state index in [4.69, 9.17) is 4.74 Å². The quantitative estimate of drug-likeness (QED) is 0.564. The SMILES string of the molecule is C[C@H]1CCCC(=O)CCC/C=C/c2cc(O)c(O)cc2C(=O)O1. The van der Waals surface area contributed by atoms with Crippen LogP contribution in [0.25, 0.3) is 6.08 Å². The highest BCUT2D eigenvalue weighted by atomic mass is 16.5. The molecule has 124 valence electrons. The first kappa shape index (κ1) is 17.1. The van der Waals surface area contributed by atoms with Crippen LogP contribution in [-0.2, 0) is 9.53 Å². The number of esters is 1. The average Bonchev–Trinajstić information content (AvgIpc) is 2.49. The van der Waals surface area contributed by atoms with Crippen LogP contribution in [0.1, 0.15) is 61.4 Å². The molecule has 23 heavy (non-hydrogen) atoms. The topological polar surface area (TPSA) is 83.8 Å². The van der Waals surface area contributed by atoms with Gasteiger partial charge in [-0.25, -0.2) is 4.79 Å². The van der Waals surface area contributed by atoms with Gasteiger partial charge in [0.05, 0.1) is 11.7 Å². The monoisotopic (exact) mass is 318 g/mol. The molecule has 1 aliphatic rings. The lowest BCUT2D eigenvalue weighted by Gasteiger charge is -2.15. The van der Waals surface area contributed by atoms with Crippen LogP contribution >= 0.6 is 0 Å². The number of phenols is 2. The van der Waals surface area contributed by atoms with Crippen molar-refractivity contribution in [1.29, 1.82) is 0 Å².